The Morgan fingerprint density at radius 1 is 1.20 bits per heavy atom. The quantitative estimate of drug-likeness (QED) is 0.494. The molecule has 0 aromatic heterocycles. The molecule has 0 heterocycles. The molecule has 5 aliphatic carbocycles. The molecule has 5 fully saturated rings. The summed E-state index contributed by atoms with van der Waals surface area (Å²) in [6.45, 7) is 0. The highest BCUT2D eigenvalue weighted by atomic mass is 16.1. The van der Waals surface area contributed by atoms with E-state index in [1.165, 1.54) is 25.7 Å². The van der Waals surface area contributed by atoms with Gasteiger partial charge in [0.05, 0.1) is 0 Å². The first kappa shape index (κ1) is 5.34. The van der Waals surface area contributed by atoms with Crippen molar-refractivity contribution < 1.29 is 4.79 Å². The largest absolute Gasteiger partial charge is 0.299 e. The zero-order valence-corrected chi connectivity index (χ0v) is 6.05. The average Bonchev–Trinajstić information content (AvgIpc) is 1.89. The zero-order valence-electron chi connectivity index (χ0n) is 6.05. The highest BCUT2D eigenvalue weighted by Crippen LogP contribution is 2.57. The van der Waals surface area contributed by atoms with Crippen LogP contribution in [0.1, 0.15) is 25.7 Å². The Balaban J connectivity index is 2.00. The summed E-state index contributed by atoms with van der Waals surface area (Å²) in [5, 5.41) is 0. The number of Topliss-reactive ketones (excluding diaryl/α,β-unsaturated/α-hetero) is 1. The minimum Gasteiger partial charge on any atom is -0.299 e. The SMILES string of the molecule is O=C1C2CCC3C(C2)CC13. The molecule has 0 saturated heterocycles. The molecule has 54 valence electrons. The van der Waals surface area contributed by atoms with E-state index < -0.39 is 0 Å². The molecule has 4 unspecified atom stereocenters. The lowest BCUT2D eigenvalue weighted by Crippen LogP contribution is -2.54. The predicted octanol–water partition coefficient (Wildman–Crippen LogP) is 1.62. The number of ketones is 1. The van der Waals surface area contributed by atoms with Gasteiger partial charge in [0.1, 0.15) is 5.78 Å². The Hall–Kier alpha value is -0.330. The van der Waals surface area contributed by atoms with Gasteiger partial charge >= 0.3 is 0 Å². The van der Waals surface area contributed by atoms with Crippen LogP contribution >= 0.6 is 0 Å². The third-order valence-corrected chi connectivity index (χ3v) is 3.88. The van der Waals surface area contributed by atoms with Crippen LogP contribution in [-0.4, -0.2) is 5.78 Å². The highest BCUT2D eigenvalue weighted by Gasteiger charge is 2.55. The van der Waals surface area contributed by atoms with Gasteiger partial charge in [-0.15, -0.1) is 0 Å². The van der Waals surface area contributed by atoms with Gasteiger partial charge < -0.3 is 0 Å². The van der Waals surface area contributed by atoms with Gasteiger partial charge in [0.2, 0.25) is 0 Å². The minimum atomic E-state index is 0.508. The Bertz CT molecular complexity index is 191. The summed E-state index contributed by atoms with van der Waals surface area (Å²) in [6.07, 6.45) is 5.09. The van der Waals surface area contributed by atoms with Crippen molar-refractivity contribution in [3.8, 4) is 0 Å². The van der Waals surface area contributed by atoms with Crippen LogP contribution in [0.2, 0.25) is 0 Å². The molecule has 4 bridgehead atoms. The van der Waals surface area contributed by atoms with Crippen molar-refractivity contribution in [1.29, 1.82) is 0 Å². The molecule has 0 amide bonds. The molecule has 5 aliphatic rings. The Labute approximate surface area is 60.8 Å². The molecule has 5 saturated carbocycles. The summed E-state index contributed by atoms with van der Waals surface area (Å²) in [7, 11) is 0. The Kier molecular flexibility index (Phi) is 0.781. The summed E-state index contributed by atoms with van der Waals surface area (Å²) in [5.41, 5.74) is 0. The van der Waals surface area contributed by atoms with Crippen LogP contribution in [0, 0.1) is 23.7 Å². The van der Waals surface area contributed by atoms with Gasteiger partial charge in [-0.1, -0.05) is 0 Å². The predicted molar refractivity (Wildman–Crippen MR) is 37.4 cm³/mol. The second-order valence-electron chi connectivity index (χ2n) is 4.18. The van der Waals surface area contributed by atoms with Crippen LogP contribution in [0.25, 0.3) is 0 Å². The normalized spacial score (nSPS) is 56.6. The maximum absolute atomic E-state index is 11.4. The van der Waals surface area contributed by atoms with Gasteiger partial charge in [0.25, 0.3) is 0 Å². The number of fused-ring (bicyclic) bond motifs is 1. The van der Waals surface area contributed by atoms with Gasteiger partial charge in [-0.3, -0.25) is 4.79 Å². The molecular weight excluding hydrogens is 124 g/mol. The number of hydrogen-bond acceptors (Lipinski definition) is 1. The third-order valence-electron chi connectivity index (χ3n) is 3.88. The first-order valence-electron chi connectivity index (χ1n) is 4.40. The van der Waals surface area contributed by atoms with E-state index >= 15 is 0 Å². The average molecular weight is 136 g/mol. The molecule has 5 rings (SSSR count). The summed E-state index contributed by atoms with van der Waals surface area (Å²) in [6, 6.07) is 0. The van der Waals surface area contributed by atoms with Gasteiger partial charge in [-0.2, -0.15) is 0 Å². The van der Waals surface area contributed by atoms with Crippen molar-refractivity contribution in [2.24, 2.45) is 23.7 Å². The molecule has 0 aromatic carbocycles. The Morgan fingerprint density at radius 2 is 2.10 bits per heavy atom. The van der Waals surface area contributed by atoms with Gasteiger partial charge in [0.15, 0.2) is 0 Å². The molecule has 4 atom stereocenters. The monoisotopic (exact) mass is 136 g/mol. The van der Waals surface area contributed by atoms with E-state index in [0.717, 1.165) is 11.8 Å². The van der Waals surface area contributed by atoms with E-state index in [9.17, 15) is 4.79 Å². The molecule has 0 aromatic rings. The topological polar surface area (TPSA) is 17.1 Å². The molecule has 0 aliphatic heterocycles. The minimum absolute atomic E-state index is 0.508. The Morgan fingerprint density at radius 3 is 2.50 bits per heavy atom. The number of carbonyl (C=O) groups is 1. The molecule has 0 spiro atoms. The number of carbonyl (C=O) groups excluding carboxylic acids is 1. The molecule has 0 radical (unpaired) electrons. The summed E-state index contributed by atoms with van der Waals surface area (Å²) in [4.78, 5) is 11.4. The van der Waals surface area contributed by atoms with Crippen LogP contribution < -0.4 is 0 Å². The lowest BCUT2D eigenvalue weighted by atomic mass is 9.48. The van der Waals surface area contributed by atoms with Crippen LogP contribution in [0.15, 0.2) is 0 Å². The first-order valence-corrected chi connectivity index (χ1v) is 4.40. The second-order valence-corrected chi connectivity index (χ2v) is 4.18. The fourth-order valence-corrected chi connectivity index (χ4v) is 3.28. The van der Waals surface area contributed by atoms with Crippen molar-refractivity contribution in [1.82, 2.24) is 0 Å². The van der Waals surface area contributed by atoms with E-state index in [2.05, 4.69) is 0 Å². The smallest absolute Gasteiger partial charge is 0.139 e. The van der Waals surface area contributed by atoms with E-state index in [1.54, 1.807) is 0 Å². The lowest BCUT2D eigenvalue weighted by Gasteiger charge is -2.55. The summed E-state index contributed by atoms with van der Waals surface area (Å²) < 4.78 is 0. The van der Waals surface area contributed by atoms with Crippen molar-refractivity contribution in [2.45, 2.75) is 25.7 Å². The van der Waals surface area contributed by atoms with Crippen molar-refractivity contribution in [3.63, 3.8) is 0 Å². The molecule has 1 heteroatoms. The van der Waals surface area contributed by atoms with Crippen molar-refractivity contribution in [3.05, 3.63) is 0 Å². The third kappa shape index (κ3) is 0.415. The molecule has 1 nitrogen and oxygen atoms in total. The summed E-state index contributed by atoms with van der Waals surface area (Å²) in [5.74, 6) is 3.49. The van der Waals surface area contributed by atoms with E-state index in [4.69, 9.17) is 0 Å². The van der Waals surface area contributed by atoms with E-state index in [-0.39, 0.29) is 0 Å². The zero-order chi connectivity index (χ0) is 6.72. The van der Waals surface area contributed by atoms with Crippen LogP contribution in [0.3, 0.4) is 0 Å². The van der Waals surface area contributed by atoms with Crippen molar-refractivity contribution >= 4 is 5.78 Å². The van der Waals surface area contributed by atoms with E-state index in [1.807, 2.05) is 0 Å². The van der Waals surface area contributed by atoms with Gasteiger partial charge in [0, 0.05) is 11.8 Å². The van der Waals surface area contributed by atoms with Gasteiger partial charge in [-0.05, 0) is 37.5 Å². The van der Waals surface area contributed by atoms with Crippen LogP contribution in [-0.2, 0) is 4.79 Å². The number of rotatable bonds is 0. The fourth-order valence-electron chi connectivity index (χ4n) is 3.28. The molecular formula is C9H12O. The van der Waals surface area contributed by atoms with Crippen LogP contribution in [0.5, 0.6) is 0 Å². The highest BCUT2D eigenvalue weighted by molar-refractivity contribution is 5.87. The lowest BCUT2D eigenvalue weighted by molar-refractivity contribution is -0.154. The number of hydrogen-bond donors (Lipinski definition) is 0. The molecule has 10 heavy (non-hydrogen) atoms. The summed E-state index contributed by atoms with van der Waals surface area (Å²) >= 11 is 0. The second kappa shape index (κ2) is 1.46. The fraction of sp³-hybridized carbons (Fsp3) is 0.889. The standard InChI is InChI=1S/C9H12O/c10-9-5-1-2-7-6(3-5)4-8(7)9/h5-8H,1-4H2. The maximum Gasteiger partial charge on any atom is 0.139 e. The molecule has 0 N–H and O–H groups in total. The maximum atomic E-state index is 11.4. The van der Waals surface area contributed by atoms with Crippen molar-refractivity contribution in [2.75, 3.05) is 0 Å². The van der Waals surface area contributed by atoms with E-state index in [0.29, 0.717) is 17.6 Å². The van der Waals surface area contributed by atoms with Crippen LogP contribution in [0.4, 0.5) is 0 Å². The van der Waals surface area contributed by atoms with Gasteiger partial charge in [-0.25, -0.2) is 0 Å². The first-order chi connectivity index (χ1) is 4.86.